The van der Waals surface area contributed by atoms with Crippen molar-refractivity contribution in [2.75, 3.05) is 33.2 Å². The Morgan fingerprint density at radius 3 is 2.42 bits per heavy atom. The van der Waals surface area contributed by atoms with Crippen molar-refractivity contribution in [2.24, 2.45) is 0 Å². The van der Waals surface area contributed by atoms with Crippen LogP contribution in [0.4, 0.5) is 5.82 Å². The van der Waals surface area contributed by atoms with Gasteiger partial charge in [0.2, 0.25) is 5.75 Å². The van der Waals surface area contributed by atoms with Gasteiger partial charge in [0, 0.05) is 13.0 Å². The maximum atomic E-state index is 10.5. The van der Waals surface area contributed by atoms with E-state index in [0.717, 1.165) is 31.2 Å². The molecule has 0 fully saturated rings. The van der Waals surface area contributed by atoms with Crippen molar-refractivity contribution in [1.82, 2.24) is 9.97 Å². The molecule has 0 amide bonds. The third-order valence-electron chi connectivity index (χ3n) is 4.04. The van der Waals surface area contributed by atoms with Crippen molar-refractivity contribution in [3.8, 4) is 17.2 Å². The highest BCUT2D eigenvalue weighted by molar-refractivity contribution is 5.96. The Morgan fingerprint density at radius 1 is 1.04 bits per heavy atom. The zero-order valence-electron chi connectivity index (χ0n) is 15.4. The maximum absolute atomic E-state index is 10.5. The van der Waals surface area contributed by atoms with Crippen molar-refractivity contribution < 1.29 is 24.1 Å². The lowest BCUT2D eigenvalue weighted by atomic mass is 10.1. The summed E-state index contributed by atoms with van der Waals surface area (Å²) in [7, 11) is 4.68. The van der Waals surface area contributed by atoms with Crippen LogP contribution in [0.3, 0.4) is 0 Å². The molecule has 2 aromatic rings. The van der Waals surface area contributed by atoms with Crippen LogP contribution >= 0.6 is 0 Å². The summed E-state index contributed by atoms with van der Waals surface area (Å²) in [6.45, 7) is 0.732. The van der Waals surface area contributed by atoms with Gasteiger partial charge in [-0.15, -0.1) is 0 Å². The van der Waals surface area contributed by atoms with E-state index in [4.69, 9.17) is 19.3 Å². The zero-order valence-corrected chi connectivity index (χ0v) is 15.4. The van der Waals surface area contributed by atoms with Crippen LogP contribution in [-0.4, -0.2) is 48.9 Å². The number of benzene rings is 1. The topological polar surface area (TPSA) is 103 Å². The fourth-order valence-electron chi connectivity index (χ4n) is 2.77. The molecule has 26 heavy (non-hydrogen) atoms. The lowest BCUT2D eigenvalue weighted by Gasteiger charge is -2.15. The van der Waals surface area contributed by atoms with E-state index in [-0.39, 0.29) is 6.42 Å². The Bertz CT molecular complexity index is 751. The lowest BCUT2D eigenvalue weighted by Crippen LogP contribution is -2.05. The van der Waals surface area contributed by atoms with Crippen molar-refractivity contribution in [2.45, 2.75) is 32.1 Å². The summed E-state index contributed by atoms with van der Waals surface area (Å²) >= 11 is 0. The third kappa shape index (κ3) is 4.65. The summed E-state index contributed by atoms with van der Waals surface area (Å²) in [5.74, 6) is 1.49. The Balaban J connectivity index is 2.10. The molecule has 0 aliphatic carbocycles. The second kappa shape index (κ2) is 9.65. The van der Waals surface area contributed by atoms with Crippen molar-refractivity contribution in [3.63, 3.8) is 0 Å². The molecule has 0 bridgehead atoms. The normalized spacial score (nSPS) is 10.6. The largest absolute Gasteiger partial charge is 0.493 e. The molecule has 0 saturated carbocycles. The maximum Gasteiger partial charge on any atom is 0.303 e. The van der Waals surface area contributed by atoms with E-state index in [1.165, 1.54) is 6.33 Å². The summed E-state index contributed by atoms with van der Waals surface area (Å²) < 4.78 is 16.2. The van der Waals surface area contributed by atoms with Crippen LogP contribution in [0.2, 0.25) is 0 Å². The van der Waals surface area contributed by atoms with Crippen LogP contribution in [-0.2, 0) is 4.79 Å². The fraction of sp³-hybridized carbons (Fsp3) is 0.500. The van der Waals surface area contributed by atoms with E-state index in [9.17, 15) is 4.79 Å². The summed E-state index contributed by atoms with van der Waals surface area (Å²) in [6, 6.07) is 1.83. The third-order valence-corrected chi connectivity index (χ3v) is 4.04. The summed E-state index contributed by atoms with van der Waals surface area (Å²) in [5, 5.41) is 12.7. The Morgan fingerprint density at radius 2 is 1.77 bits per heavy atom. The molecule has 2 rings (SSSR count). The number of hydrogen-bond donors (Lipinski definition) is 2. The molecule has 0 aliphatic rings. The standard InChI is InChI=1S/C18H25N3O5/c1-24-13-10-12-15(17(26-3)16(13)25-2)20-11-21-18(12)19-9-7-5-4-6-8-14(22)23/h10-11H,4-9H2,1-3H3,(H,22,23)(H,19,20,21). The van der Waals surface area contributed by atoms with Crippen LogP contribution in [0.15, 0.2) is 12.4 Å². The molecule has 0 aliphatic heterocycles. The number of ether oxygens (including phenoxy) is 3. The van der Waals surface area contributed by atoms with Crippen LogP contribution < -0.4 is 19.5 Å². The van der Waals surface area contributed by atoms with E-state index >= 15 is 0 Å². The van der Waals surface area contributed by atoms with Gasteiger partial charge in [-0.25, -0.2) is 9.97 Å². The van der Waals surface area contributed by atoms with Gasteiger partial charge in [0.05, 0.1) is 26.7 Å². The Hall–Kier alpha value is -2.77. The number of unbranched alkanes of at least 4 members (excludes halogenated alkanes) is 3. The molecule has 0 unspecified atom stereocenters. The van der Waals surface area contributed by atoms with E-state index in [1.54, 1.807) is 21.3 Å². The highest BCUT2D eigenvalue weighted by atomic mass is 16.5. The van der Waals surface area contributed by atoms with E-state index in [2.05, 4.69) is 15.3 Å². The number of carboxylic acid groups (broad SMARTS) is 1. The first kappa shape index (κ1) is 19.6. The SMILES string of the molecule is COc1cc2c(NCCCCCCC(=O)O)ncnc2c(OC)c1OC. The molecular formula is C18H25N3O5. The van der Waals surface area contributed by atoms with E-state index < -0.39 is 5.97 Å². The minimum Gasteiger partial charge on any atom is -0.493 e. The first-order chi connectivity index (χ1) is 12.6. The van der Waals surface area contributed by atoms with Gasteiger partial charge in [-0.1, -0.05) is 12.8 Å². The molecule has 0 saturated heterocycles. The van der Waals surface area contributed by atoms with Gasteiger partial charge >= 0.3 is 5.97 Å². The predicted molar refractivity (Wildman–Crippen MR) is 98.4 cm³/mol. The van der Waals surface area contributed by atoms with Gasteiger partial charge in [0.25, 0.3) is 0 Å². The number of nitrogens with one attached hydrogen (secondary N) is 1. The van der Waals surface area contributed by atoms with Crippen molar-refractivity contribution in [1.29, 1.82) is 0 Å². The predicted octanol–water partition coefficient (Wildman–Crippen LogP) is 3.10. The second-order valence-corrected chi connectivity index (χ2v) is 5.75. The minimum atomic E-state index is -0.742. The van der Waals surface area contributed by atoms with Crippen molar-refractivity contribution >= 4 is 22.7 Å². The molecule has 8 heteroatoms. The molecule has 1 aromatic heterocycles. The monoisotopic (exact) mass is 363 g/mol. The molecule has 142 valence electrons. The Labute approximate surface area is 152 Å². The quantitative estimate of drug-likeness (QED) is 0.587. The first-order valence-corrected chi connectivity index (χ1v) is 8.51. The number of fused-ring (bicyclic) bond motifs is 1. The zero-order chi connectivity index (χ0) is 18.9. The van der Waals surface area contributed by atoms with E-state index in [0.29, 0.717) is 35.0 Å². The molecule has 1 heterocycles. The molecule has 8 nitrogen and oxygen atoms in total. The highest BCUT2D eigenvalue weighted by Crippen LogP contribution is 2.43. The number of rotatable bonds is 11. The highest BCUT2D eigenvalue weighted by Gasteiger charge is 2.19. The van der Waals surface area contributed by atoms with Crippen molar-refractivity contribution in [3.05, 3.63) is 12.4 Å². The van der Waals surface area contributed by atoms with Crippen LogP contribution in [0, 0.1) is 0 Å². The molecular weight excluding hydrogens is 338 g/mol. The van der Waals surface area contributed by atoms with Gasteiger partial charge in [-0.2, -0.15) is 0 Å². The van der Waals surface area contributed by atoms with Gasteiger partial charge in [0.15, 0.2) is 11.5 Å². The lowest BCUT2D eigenvalue weighted by molar-refractivity contribution is -0.137. The number of anilines is 1. The summed E-state index contributed by atoms with van der Waals surface area (Å²) in [5.41, 5.74) is 0.643. The Kier molecular flexibility index (Phi) is 7.25. The van der Waals surface area contributed by atoms with Crippen LogP contribution in [0.25, 0.3) is 10.9 Å². The van der Waals surface area contributed by atoms with Gasteiger partial charge in [-0.3, -0.25) is 4.79 Å². The first-order valence-electron chi connectivity index (χ1n) is 8.51. The van der Waals surface area contributed by atoms with E-state index in [1.807, 2.05) is 6.07 Å². The summed E-state index contributed by atoms with van der Waals surface area (Å²) in [6.07, 6.45) is 5.20. The molecule has 2 N–H and O–H groups in total. The number of nitrogens with zero attached hydrogens (tertiary/aromatic N) is 2. The second-order valence-electron chi connectivity index (χ2n) is 5.75. The number of carboxylic acids is 1. The van der Waals surface area contributed by atoms with Gasteiger partial charge in [0.1, 0.15) is 17.7 Å². The number of methoxy groups -OCH3 is 3. The number of aliphatic carboxylic acids is 1. The number of aromatic nitrogens is 2. The average Bonchev–Trinajstić information content (AvgIpc) is 2.65. The molecule has 1 aromatic carbocycles. The molecule has 0 atom stereocenters. The fourth-order valence-corrected chi connectivity index (χ4v) is 2.77. The van der Waals surface area contributed by atoms with Gasteiger partial charge in [-0.05, 0) is 18.9 Å². The molecule has 0 spiro atoms. The molecule has 0 radical (unpaired) electrons. The average molecular weight is 363 g/mol. The number of carbonyl (C=O) groups is 1. The smallest absolute Gasteiger partial charge is 0.303 e. The van der Waals surface area contributed by atoms with Crippen LogP contribution in [0.1, 0.15) is 32.1 Å². The summed E-state index contributed by atoms with van der Waals surface area (Å²) in [4.78, 5) is 19.1. The van der Waals surface area contributed by atoms with Crippen LogP contribution in [0.5, 0.6) is 17.2 Å². The minimum absolute atomic E-state index is 0.228. The number of hydrogen-bond acceptors (Lipinski definition) is 7. The van der Waals surface area contributed by atoms with Gasteiger partial charge < -0.3 is 24.6 Å².